The fourth-order valence-corrected chi connectivity index (χ4v) is 3.27. The molecule has 0 fully saturated rings. The van der Waals surface area contributed by atoms with Crippen molar-refractivity contribution in [2.75, 3.05) is 26.2 Å². The van der Waals surface area contributed by atoms with E-state index in [0.717, 1.165) is 0 Å². The molecule has 34 heavy (non-hydrogen) atoms. The number of aromatic hydroxyl groups is 2. The number of hydrogen-bond donors (Lipinski definition) is 6. The van der Waals surface area contributed by atoms with Gasteiger partial charge >= 0.3 is 23.9 Å². The molecule has 0 saturated carbocycles. The summed E-state index contributed by atoms with van der Waals surface area (Å²) in [6.45, 7) is -1.18. The molecule has 2 aromatic carbocycles. The van der Waals surface area contributed by atoms with Gasteiger partial charge in [-0.1, -0.05) is 0 Å². The summed E-state index contributed by atoms with van der Waals surface area (Å²) in [5.74, 6) is -5.27. The molecule has 0 spiro atoms. The maximum absolute atomic E-state index is 11.3. The van der Waals surface area contributed by atoms with Crippen LogP contribution in [0.5, 0.6) is 11.5 Å². The summed E-state index contributed by atoms with van der Waals surface area (Å²) in [7, 11) is 0. The van der Waals surface area contributed by atoms with E-state index in [1.165, 1.54) is 46.2 Å². The molecule has 0 unspecified atom stereocenters. The largest absolute Gasteiger partial charge is 0.508 e. The zero-order valence-corrected chi connectivity index (χ0v) is 17.9. The van der Waals surface area contributed by atoms with Crippen LogP contribution >= 0.6 is 0 Å². The minimum atomic E-state index is -1.22. The van der Waals surface area contributed by atoms with Gasteiger partial charge in [-0.25, -0.2) is 9.59 Å². The standard InChI is InChI=1S/C22H24N2O10/c25-17-3-1-13(21(31)32)7-15(17)9-23(11-19(27)28)5-6-24(12-20(29)30)10-16-8-14(22(33)34)2-4-18(16)26/h1-4,7-8,25-26H,5-6,9-12H2,(H,27,28)(H,29,30)(H,31,32)(H,33,34). The number of phenolic OH excluding ortho intramolecular Hbond substituents is 2. The third-order valence-corrected chi connectivity index (χ3v) is 4.89. The lowest BCUT2D eigenvalue weighted by atomic mass is 10.1. The first-order valence-electron chi connectivity index (χ1n) is 9.95. The van der Waals surface area contributed by atoms with Gasteiger partial charge in [0.1, 0.15) is 11.5 Å². The second-order valence-corrected chi connectivity index (χ2v) is 7.51. The summed E-state index contributed by atoms with van der Waals surface area (Å²) in [4.78, 5) is 47.8. The number of phenols is 2. The Bertz CT molecular complexity index is 1000. The molecule has 6 N–H and O–H groups in total. The first kappa shape index (κ1) is 26.1. The molecule has 2 aromatic rings. The highest BCUT2D eigenvalue weighted by Crippen LogP contribution is 2.22. The predicted molar refractivity (Wildman–Crippen MR) is 116 cm³/mol. The summed E-state index contributed by atoms with van der Waals surface area (Å²) < 4.78 is 0. The van der Waals surface area contributed by atoms with Gasteiger partial charge in [-0.3, -0.25) is 19.4 Å². The number of carbonyl (C=O) groups is 4. The van der Waals surface area contributed by atoms with E-state index in [1.54, 1.807) is 0 Å². The molecule has 0 aliphatic heterocycles. The molecular formula is C22H24N2O10. The number of hydrogen-bond acceptors (Lipinski definition) is 8. The normalized spacial score (nSPS) is 11.0. The first-order chi connectivity index (χ1) is 16.0. The Morgan fingerprint density at radius 2 is 0.971 bits per heavy atom. The van der Waals surface area contributed by atoms with Gasteiger partial charge in [0, 0.05) is 37.3 Å². The molecule has 0 aliphatic rings. The Morgan fingerprint density at radius 1 is 0.618 bits per heavy atom. The van der Waals surface area contributed by atoms with Crippen LogP contribution in [0.15, 0.2) is 36.4 Å². The van der Waals surface area contributed by atoms with E-state index in [0.29, 0.717) is 0 Å². The third kappa shape index (κ3) is 7.76. The highest BCUT2D eigenvalue weighted by molar-refractivity contribution is 5.88. The van der Waals surface area contributed by atoms with E-state index >= 15 is 0 Å². The molecule has 0 aliphatic carbocycles. The molecule has 0 bridgehead atoms. The van der Waals surface area contributed by atoms with E-state index in [1.807, 2.05) is 0 Å². The highest BCUT2D eigenvalue weighted by atomic mass is 16.4. The number of aromatic carboxylic acids is 2. The molecule has 182 valence electrons. The first-order valence-corrected chi connectivity index (χ1v) is 9.95. The number of rotatable bonds is 13. The van der Waals surface area contributed by atoms with Crippen molar-refractivity contribution in [1.29, 1.82) is 0 Å². The molecule has 0 heterocycles. The predicted octanol–water partition coefficient (Wildman–Crippen LogP) is 0.968. The average molecular weight is 476 g/mol. The zero-order valence-electron chi connectivity index (χ0n) is 17.9. The fourth-order valence-electron chi connectivity index (χ4n) is 3.27. The Kier molecular flexibility index (Phi) is 8.93. The second-order valence-electron chi connectivity index (χ2n) is 7.51. The van der Waals surface area contributed by atoms with Gasteiger partial charge in [0.25, 0.3) is 0 Å². The van der Waals surface area contributed by atoms with Crippen molar-refractivity contribution in [3.8, 4) is 11.5 Å². The van der Waals surface area contributed by atoms with Crippen molar-refractivity contribution in [3.05, 3.63) is 58.7 Å². The average Bonchev–Trinajstić information content (AvgIpc) is 2.73. The van der Waals surface area contributed by atoms with Crippen LogP contribution in [0.3, 0.4) is 0 Å². The third-order valence-electron chi connectivity index (χ3n) is 4.89. The topological polar surface area (TPSA) is 196 Å². The molecular weight excluding hydrogens is 452 g/mol. The molecule has 0 saturated heterocycles. The summed E-state index contributed by atoms with van der Waals surface area (Å²) in [5.41, 5.74) is 0.171. The number of carboxylic acids is 4. The van der Waals surface area contributed by atoms with Crippen molar-refractivity contribution in [2.24, 2.45) is 0 Å². The lowest BCUT2D eigenvalue weighted by Crippen LogP contribution is -2.39. The molecule has 0 atom stereocenters. The lowest BCUT2D eigenvalue weighted by molar-refractivity contribution is -0.140. The van der Waals surface area contributed by atoms with Crippen LogP contribution in [0.1, 0.15) is 31.8 Å². The van der Waals surface area contributed by atoms with Crippen molar-refractivity contribution < 1.29 is 49.8 Å². The van der Waals surface area contributed by atoms with E-state index in [2.05, 4.69) is 0 Å². The molecule has 0 amide bonds. The van der Waals surface area contributed by atoms with Crippen LogP contribution in [0.25, 0.3) is 0 Å². The van der Waals surface area contributed by atoms with Gasteiger partial charge in [-0.05, 0) is 36.4 Å². The molecule has 0 radical (unpaired) electrons. The van der Waals surface area contributed by atoms with Gasteiger partial charge in [-0.2, -0.15) is 0 Å². The van der Waals surface area contributed by atoms with Crippen LogP contribution in [-0.4, -0.2) is 90.5 Å². The fraction of sp³-hybridized carbons (Fsp3) is 0.273. The Labute approximate surface area is 193 Å². The minimum absolute atomic E-state index is 0.00963. The SMILES string of the molecule is O=C(O)CN(CCN(CC(=O)O)Cc1cc(C(=O)O)ccc1O)Cc1cc(C(=O)O)ccc1O. The van der Waals surface area contributed by atoms with Crippen molar-refractivity contribution >= 4 is 23.9 Å². The van der Waals surface area contributed by atoms with Crippen LogP contribution in [-0.2, 0) is 22.7 Å². The Hall–Kier alpha value is -4.16. The molecule has 2 rings (SSSR count). The smallest absolute Gasteiger partial charge is 0.335 e. The van der Waals surface area contributed by atoms with Crippen molar-refractivity contribution in [3.63, 3.8) is 0 Å². The number of benzene rings is 2. The second kappa shape index (κ2) is 11.6. The summed E-state index contributed by atoms with van der Waals surface area (Å²) in [6.07, 6.45) is 0. The quantitative estimate of drug-likeness (QED) is 0.240. The Morgan fingerprint density at radius 3 is 1.26 bits per heavy atom. The number of carboxylic acid groups (broad SMARTS) is 4. The number of nitrogens with zero attached hydrogens (tertiary/aromatic N) is 2. The molecule has 12 nitrogen and oxygen atoms in total. The summed E-state index contributed by atoms with van der Waals surface area (Å²) in [6, 6.07) is 7.22. The van der Waals surface area contributed by atoms with E-state index < -0.39 is 37.0 Å². The Balaban J connectivity index is 2.21. The van der Waals surface area contributed by atoms with Gasteiger partial charge in [0.15, 0.2) is 0 Å². The minimum Gasteiger partial charge on any atom is -0.508 e. The zero-order chi connectivity index (χ0) is 25.4. The summed E-state index contributed by atoms with van der Waals surface area (Å²) in [5, 5.41) is 56.9. The highest BCUT2D eigenvalue weighted by Gasteiger charge is 2.19. The van der Waals surface area contributed by atoms with Gasteiger partial charge in [0.2, 0.25) is 0 Å². The van der Waals surface area contributed by atoms with Gasteiger partial charge < -0.3 is 30.6 Å². The van der Waals surface area contributed by atoms with Crippen LogP contribution < -0.4 is 0 Å². The molecule has 12 heteroatoms. The van der Waals surface area contributed by atoms with Crippen molar-refractivity contribution in [1.82, 2.24) is 9.80 Å². The van der Waals surface area contributed by atoms with E-state index in [-0.39, 0.29) is 59.9 Å². The monoisotopic (exact) mass is 476 g/mol. The maximum Gasteiger partial charge on any atom is 0.335 e. The van der Waals surface area contributed by atoms with Crippen molar-refractivity contribution in [2.45, 2.75) is 13.1 Å². The van der Waals surface area contributed by atoms with Gasteiger partial charge in [-0.15, -0.1) is 0 Å². The van der Waals surface area contributed by atoms with Crippen LogP contribution in [0, 0.1) is 0 Å². The van der Waals surface area contributed by atoms with Crippen LogP contribution in [0.2, 0.25) is 0 Å². The summed E-state index contributed by atoms with van der Waals surface area (Å²) >= 11 is 0. The van der Waals surface area contributed by atoms with Gasteiger partial charge in [0.05, 0.1) is 24.2 Å². The van der Waals surface area contributed by atoms with Crippen LogP contribution in [0.4, 0.5) is 0 Å². The van der Waals surface area contributed by atoms with E-state index in [4.69, 9.17) is 10.2 Å². The van der Waals surface area contributed by atoms with E-state index in [9.17, 15) is 39.6 Å². The number of aliphatic carboxylic acids is 2. The maximum atomic E-state index is 11.3. The lowest BCUT2D eigenvalue weighted by Gasteiger charge is -2.26. The molecule has 0 aromatic heterocycles.